The summed E-state index contributed by atoms with van der Waals surface area (Å²) in [6.45, 7) is 4.09. The van der Waals surface area contributed by atoms with E-state index >= 15 is 4.39 Å². The summed E-state index contributed by atoms with van der Waals surface area (Å²) in [5, 5.41) is 5.69. The third kappa shape index (κ3) is 5.07. The average molecular weight is 590 g/mol. The molecule has 10 heteroatoms. The molecule has 43 heavy (non-hydrogen) atoms. The molecular weight excluding hydrogens is 553 g/mol. The summed E-state index contributed by atoms with van der Waals surface area (Å²) in [4.78, 5) is 24.3. The smallest absolute Gasteiger partial charge is 0.354 e. The van der Waals surface area contributed by atoms with Gasteiger partial charge in [-0.1, -0.05) is 12.1 Å². The zero-order valence-corrected chi connectivity index (χ0v) is 25.2. The van der Waals surface area contributed by atoms with E-state index in [9.17, 15) is 9.59 Å². The van der Waals surface area contributed by atoms with Gasteiger partial charge in [-0.25, -0.2) is 9.18 Å². The van der Waals surface area contributed by atoms with Crippen LogP contribution in [-0.4, -0.2) is 47.1 Å². The molecule has 0 aliphatic heterocycles. The molecule has 2 aliphatic rings. The molecule has 226 valence electrons. The molecule has 0 saturated heterocycles. The Labute approximate surface area is 249 Å². The van der Waals surface area contributed by atoms with Gasteiger partial charge in [-0.2, -0.15) is 5.10 Å². The highest BCUT2D eigenvalue weighted by atomic mass is 19.1. The van der Waals surface area contributed by atoms with E-state index in [0.717, 1.165) is 40.8 Å². The van der Waals surface area contributed by atoms with Crippen LogP contribution in [0.1, 0.15) is 59.2 Å². The minimum absolute atomic E-state index is 0.000549. The molecule has 2 aromatic carbocycles. The summed E-state index contributed by atoms with van der Waals surface area (Å²) in [7, 11) is 4.71. The number of benzene rings is 2. The summed E-state index contributed by atoms with van der Waals surface area (Å²) < 4.78 is 41.6. The van der Waals surface area contributed by atoms with Crippen LogP contribution in [-0.2, 0) is 51.2 Å². The van der Waals surface area contributed by atoms with E-state index in [0.29, 0.717) is 53.4 Å². The Balaban J connectivity index is 1.43. The number of carbonyl (C=O) groups is 2. The van der Waals surface area contributed by atoms with Crippen LogP contribution >= 0.6 is 0 Å². The topological polar surface area (TPSA) is 93.8 Å². The van der Waals surface area contributed by atoms with Crippen molar-refractivity contribution >= 4 is 22.8 Å². The largest absolute Gasteiger partial charge is 0.497 e. The van der Waals surface area contributed by atoms with Crippen LogP contribution in [0.5, 0.6) is 5.75 Å². The van der Waals surface area contributed by atoms with Gasteiger partial charge in [-0.05, 0) is 73.9 Å². The number of rotatable bonds is 12. The molecule has 0 N–H and O–H groups in total. The molecule has 0 unspecified atom stereocenters. The van der Waals surface area contributed by atoms with E-state index in [-0.39, 0.29) is 24.7 Å². The van der Waals surface area contributed by atoms with Gasteiger partial charge in [0.25, 0.3) is 0 Å². The third-order valence-electron chi connectivity index (χ3n) is 8.80. The van der Waals surface area contributed by atoms with E-state index in [1.54, 1.807) is 24.8 Å². The predicted molar refractivity (Wildman–Crippen MR) is 157 cm³/mol. The minimum atomic E-state index is -0.513. The van der Waals surface area contributed by atoms with Crippen molar-refractivity contribution in [2.24, 2.45) is 13.0 Å². The Morgan fingerprint density at radius 3 is 2.42 bits per heavy atom. The Kier molecular flexibility index (Phi) is 7.50. The first-order valence-electron chi connectivity index (χ1n) is 14.5. The molecule has 4 aromatic rings. The molecule has 0 radical (unpaired) electrons. The molecular formula is C33H36FN3O6. The Bertz CT molecular complexity index is 1720. The molecule has 2 heterocycles. The second-order valence-corrected chi connectivity index (χ2v) is 11.5. The van der Waals surface area contributed by atoms with Crippen molar-refractivity contribution in [1.82, 2.24) is 14.3 Å². The van der Waals surface area contributed by atoms with Crippen molar-refractivity contribution < 1.29 is 32.9 Å². The molecule has 2 saturated carbocycles. The van der Waals surface area contributed by atoms with Crippen LogP contribution in [0.4, 0.5) is 4.39 Å². The molecule has 9 nitrogen and oxygen atoms in total. The molecule has 2 aromatic heterocycles. The highest BCUT2D eigenvalue weighted by molar-refractivity contribution is 6.05. The van der Waals surface area contributed by atoms with E-state index in [1.165, 1.54) is 20.1 Å². The first kappa shape index (κ1) is 28.9. The van der Waals surface area contributed by atoms with Crippen molar-refractivity contribution in [3.05, 3.63) is 70.4 Å². The number of methoxy groups -OCH3 is 2. The summed E-state index contributed by atoms with van der Waals surface area (Å²) in [5.41, 5.74) is 5.26. The molecule has 0 atom stereocenters. The number of nitrogens with zero attached hydrogens (tertiary/aromatic N) is 3. The number of carbonyl (C=O) groups excluding carboxylic acids is 2. The molecule has 0 amide bonds. The Morgan fingerprint density at radius 1 is 1.07 bits per heavy atom. The Hall–Kier alpha value is -4.18. The standard InChI is InChI=1S/C33H36FN3O6/c1-19-28(27(37(35-19)33-15-22(33)16-33)18-42-17-21-8-10-23(40-4)11-9-21)29-26(34)13-12-25-24(7-6-14-43-20(2)38)31(32(39)41-5)36(3)30(25)29/h8-13,22H,6-7,14-18H2,1-5H3. The summed E-state index contributed by atoms with van der Waals surface area (Å²) in [6.07, 6.45) is 3.07. The SMILES string of the molecule is COC(=O)c1c(CCCOC(C)=O)c2ccc(F)c(-c3c(C)nn(C45CC4C5)c3COCc3ccc(OC)cc3)c2n1C. The number of halogens is 1. The average Bonchev–Trinajstić information content (AvgIpc) is 3.82. The number of hydrogen-bond donors (Lipinski definition) is 0. The highest BCUT2D eigenvalue weighted by Crippen LogP contribution is 2.73. The van der Waals surface area contributed by atoms with Gasteiger partial charge in [-0.3, -0.25) is 9.48 Å². The molecule has 2 fully saturated rings. The van der Waals surface area contributed by atoms with Crippen LogP contribution in [0, 0.1) is 18.7 Å². The lowest BCUT2D eigenvalue weighted by molar-refractivity contribution is -0.141. The van der Waals surface area contributed by atoms with Gasteiger partial charge in [0.1, 0.15) is 17.3 Å². The predicted octanol–water partition coefficient (Wildman–Crippen LogP) is 5.62. The van der Waals surface area contributed by atoms with Crippen LogP contribution in [0.15, 0.2) is 36.4 Å². The number of hydrogen-bond acceptors (Lipinski definition) is 7. The fraction of sp³-hybridized carbons (Fsp3) is 0.424. The summed E-state index contributed by atoms with van der Waals surface area (Å²) in [5.74, 6) is 0.0927. The van der Waals surface area contributed by atoms with Gasteiger partial charge >= 0.3 is 11.9 Å². The van der Waals surface area contributed by atoms with E-state index in [1.807, 2.05) is 31.2 Å². The second kappa shape index (κ2) is 11.1. The minimum Gasteiger partial charge on any atom is -0.497 e. The summed E-state index contributed by atoms with van der Waals surface area (Å²) in [6, 6.07) is 10.9. The first-order valence-corrected chi connectivity index (χ1v) is 14.5. The maximum atomic E-state index is 16.1. The lowest BCUT2D eigenvalue weighted by atomic mass is 9.97. The zero-order chi connectivity index (χ0) is 30.5. The van der Waals surface area contributed by atoms with Crippen molar-refractivity contribution in [2.45, 2.75) is 58.3 Å². The van der Waals surface area contributed by atoms with Gasteiger partial charge in [0.15, 0.2) is 0 Å². The fourth-order valence-corrected chi connectivity index (χ4v) is 6.32. The van der Waals surface area contributed by atoms with E-state index < -0.39 is 11.8 Å². The van der Waals surface area contributed by atoms with E-state index in [4.69, 9.17) is 24.0 Å². The highest BCUT2D eigenvalue weighted by Gasteiger charge is 2.72. The van der Waals surface area contributed by atoms with E-state index in [2.05, 4.69) is 4.68 Å². The third-order valence-corrected chi connectivity index (χ3v) is 8.80. The number of aromatic nitrogens is 3. The van der Waals surface area contributed by atoms with Crippen LogP contribution in [0.25, 0.3) is 22.0 Å². The summed E-state index contributed by atoms with van der Waals surface area (Å²) >= 11 is 0. The number of fused-ring (bicyclic) bond motifs is 2. The lowest BCUT2D eigenvalue weighted by Gasteiger charge is -2.15. The van der Waals surface area contributed by atoms with Gasteiger partial charge < -0.3 is 23.5 Å². The van der Waals surface area contributed by atoms with Gasteiger partial charge in [-0.15, -0.1) is 0 Å². The molecule has 0 spiro atoms. The number of aryl methyl sites for hydroxylation is 3. The number of esters is 2. The van der Waals surface area contributed by atoms with Gasteiger partial charge in [0, 0.05) is 30.5 Å². The molecule has 6 rings (SSSR count). The second-order valence-electron chi connectivity index (χ2n) is 11.5. The van der Waals surface area contributed by atoms with Crippen molar-refractivity contribution in [1.29, 1.82) is 0 Å². The maximum Gasteiger partial charge on any atom is 0.354 e. The van der Waals surface area contributed by atoms with Crippen LogP contribution in [0.3, 0.4) is 0 Å². The zero-order valence-electron chi connectivity index (χ0n) is 25.2. The first-order chi connectivity index (χ1) is 20.7. The lowest BCUT2D eigenvalue weighted by Crippen LogP contribution is -2.14. The quantitative estimate of drug-likeness (QED) is 0.157. The fourth-order valence-electron chi connectivity index (χ4n) is 6.32. The van der Waals surface area contributed by atoms with Crippen molar-refractivity contribution in [2.75, 3.05) is 20.8 Å². The monoisotopic (exact) mass is 589 g/mol. The Morgan fingerprint density at radius 2 is 1.79 bits per heavy atom. The molecule has 2 aliphatic carbocycles. The van der Waals surface area contributed by atoms with Gasteiger partial charge in [0.2, 0.25) is 0 Å². The molecule has 0 bridgehead atoms. The maximum absolute atomic E-state index is 16.1. The van der Waals surface area contributed by atoms with Crippen LogP contribution in [0.2, 0.25) is 0 Å². The van der Waals surface area contributed by atoms with Crippen molar-refractivity contribution in [3.63, 3.8) is 0 Å². The normalized spacial score (nSPS) is 18.4. The number of ether oxygens (including phenoxy) is 4. The van der Waals surface area contributed by atoms with Crippen LogP contribution < -0.4 is 4.74 Å². The van der Waals surface area contributed by atoms with Crippen molar-refractivity contribution in [3.8, 4) is 16.9 Å². The van der Waals surface area contributed by atoms with Gasteiger partial charge in [0.05, 0.1) is 56.5 Å².